The molecule has 28 heavy (non-hydrogen) atoms. The first-order valence-corrected chi connectivity index (χ1v) is 10.7. The Balaban J connectivity index is 0.000000167. The van der Waals surface area contributed by atoms with Crippen molar-refractivity contribution >= 4 is 51.1 Å². The van der Waals surface area contributed by atoms with Crippen LogP contribution in [0.3, 0.4) is 0 Å². The van der Waals surface area contributed by atoms with Gasteiger partial charge >= 0.3 is 7.12 Å². The van der Waals surface area contributed by atoms with Gasteiger partial charge in [0, 0.05) is 34.5 Å². The molecule has 1 N–H and O–H groups in total. The van der Waals surface area contributed by atoms with E-state index < -0.39 is 7.12 Å². The molecule has 0 fully saturated rings. The van der Waals surface area contributed by atoms with Gasteiger partial charge in [-0.2, -0.15) is 5.10 Å². The minimum Gasteiger partial charge on any atom is -0.423 e. The van der Waals surface area contributed by atoms with E-state index in [1.807, 2.05) is 23.3 Å². The van der Waals surface area contributed by atoms with Gasteiger partial charge in [-0.15, -0.1) is 0 Å². The number of fused-ring (bicyclic) bond motifs is 1. The van der Waals surface area contributed by atoms with E-state index in [2.05, 4.69) is 61.6 Å². The molecular weight excluding hydrogens is 539 g/mol. The van der Waals surface area contributed by atoms with E-state index >= 15 is 0 Å². The van der Waals surface area contributed by atoms with E-state index in [1.165, 1.54) is 26.8 Å². The number of benzene rings is 1. The van der Waals surface area contributed by atoms with Gasteiger partial charge in [-0.1, -0.05) is 6.07 Å². The molecule has 0 aliphatic carbocycles. The van der Waals surface area contributed by atoms with Crippen molar-refractivity contribution < 1.29 is 14.1 Å². The fourth-order valence-corrected chi connectivity index (χ4v) is 4.08. The van der Waals surface area contributed by atoms with E-state index in [4.69, 9.17) is 4.65 Å². The molecule has 1 unspecified atom stereocenters. The van der Waals surface area contributed by atoms with Crippen LogP contribution in [0.1, 0.15) is 36.6 Å². The van der Waals surface area contributed by atoms with Crippen molar-refractivity contribution in [3.05, 3.63) is 73.5 Å². The number of halogens is 3. The van der Waals surface area contributed by atoms with Crippen LogP contribution in [0, 0.1) is 9.39 Å². The normalized spacial score (nSPS) is 15.2. The second-order valence-corrected chi connectivity index (χ2v) is 8.24. The molecule has 0 radical (unpaired) electrons. The monoisotopic (exact) mass is 557 g/mol. The average Bonchev–Trinajstić information content (AvgIpc) is 3.16. The third-order valence-electron chi connectivity index (χ3n) is 4.47. The van der Waals surface area contributed by atoms with Gasteiger partial charge in [0.15, 0.2) is 0 Å². The summed E-state index contributed by atoms with van der Waals surface area (Å²) in [6, 6.07) is 6.33. The van der Waals surface area contributed by atoms with Gasteiger partial charge in [-0.3, -0.25) is 9.67 Å². The zero-order chi connectivity index (χ0) is 20.3. The van der Waals surface area contributed by atoms with Crippen LogP contribution in [0.2, 0.25) is 0 Å². The van der Waals surface area contributed by atoms with Gasteiger partial charge in [0.05, 0.1) is 12.3 Å². The van der Waals surface area contributed by atoms with Crippen molar-refractivity contribution in [1.29, 1.82) is 0 Å². The Morgan fingerprint density at radius 3 is 2.79 bits per heavy atom. The number of pyridine rings is 1. The summed E-state index contributed by atoms with van der Waals surface area (Å²) in [5.74, 6) is -0.293. The third kappa shape index (κ3) is 4.81. The maximum Gasteiger partial charge on any atom is 0.491 e. The summed E-state index contributed by atoms with van der Waals surface area (Å²) in [6.07, 6.45) is 6.31. The predicted molar refractivity (Wildman–Crippen MR) is 119 cm³/mol. The Morgan fingerprint density at radius 2 is 2.11 bits per heavy atom. The SMILES string of the molecule is CC1OB(O)c2ccc(F)cc21.CCn1ncc(Cc2ccncc2I)c1Br. The number of hydrogen-bond donors (Lipinski definition) is 1. The first-order valence-electron chi connectivity index (χ1n) is 8.82. The average molecular weight is 558 g/mol. The van der Waals surface area contributed by atoms with E-state index in [0.29, 0.717) is 5.46 Å². The highest BCUT2D eigenvalue weighted by atomic mass is 127. The summed E-state index contributed by atoms with van der Waals surface area (Å²) in [4.78, 5) is 4.09. The minimum atomic E-state index is -0.893. The molecule has 1 aliphatic heterocycles. The van der Waals surface area contributed by atoms with E-state index in [1.54, 1.807) is 13.0 Å². The second-order valence-electron chi connectivity index (χ2n) is 6.32. The summed E-state index contributed by atoms with van der Waals surface area (Å²) < 4.78 is 22.0. The summed E-state index contributed by atoms with van der Waals surface area (Å²) >= 11 is 5.89. The predicted octanol–water partition coefficient (Wildman–Crippen LogP) is 3.86. The van der Waals surface area contributed by atoms with Gasteiger partial charge < -0.3 is 9.68 Å². The second kappa shape index (κ2) is 9.47. The van der Waals surface area contributed by atoms with Crippen LogP contribution in [-0.2, 0) is 17.6 Å². The summed E-state index contributed by atoms with van der Waals surface area (Å²) in [6.45, 7) is 4.75. The molecule has 5 nitrogen and oxygen atoms in total. The highest BCUT2D eigenvalue weighted by Crippen LogP contribution is 2.23. The molecule has 146 valence electrons. The largest absolute Gasteiger partial charge is 0.491 e. The topological polar surface area (TPSA) is 60.2 Å². The molecule has 0 amide bonds. The molecule has 1 aliphatic rings. The van der Waals surface area contributed by atoms with E-state index in [0.717, 1.165) is 23.1 Å². The molecule has 1 aromatic carbocycles. The van der Waals surface area contributed by atoms with Crippen LogP contribution in [0.25, 0.3) is 0 Å². The molecule has 0 saturated carbocycles. The molecule has 9 heteroatoms. The summed E-state index contributed by atoms with van der Waals surface area (Å²) in [5.41, 5.74) is 3.91. The van der Waals surface area contributed by atoms with Crippen LogP contribution < -0.4 is 5.46 Å². The van der Waals surface area contributed by atoms with Crippen LogP contribution in [0.15, 0.2) is 47.5 Å². The highest BCUT2D eigenvalue weighted by molar-refractivity contribution is 14.1. The molecule has 0 saturated heterocycles. The number of hydrogen-bond acceptors (Lipinski definition) is 4. The lowest BCUT2D eigenvalue weighted by molar-refractivity contribution is 0.208. The lowest BCUT2D eigenvalue weighted by Gasteiger charge is -2.03. The Bertz CT molecular complexity index is 972. The van der Waals surface area contributed by atoms with Crippen LogP contribution in [0.5, 0.6) is 0 Å². The number of nitrogens with zero attached hydrogens (tertiary/aromatic N) is 3. The van der Waals surface area contributed by atoms with Crippen molar-refractivity contribution in [1.82, 2.24) is 14.8 Å². The molecule has 0 bridgehead atoms. The summed E-state index contributed by atoms with van der Waals surface area (Å²) in [7, 11) is -0.893. The zero-order valence-corrected chi connectivity index (χ0v) is 19.2. The first kappa shape index (κ1) is 21.4. The Hall–Kier alpha value is -1.30. The Morgan fingerprint density at radius 1 is 1.32 bits per heavy atom. The lowest BCUT2D eigenvalue weighted by atomic mass is 9.79. The molecule has 2 aromatic heterocycles. The number of aromatic nitrogens is 3. The van der Waals surface area contributed by atoms with Gasteiger partial charge in [-0.25, -0.2) is 4.39 Å². The Kier molecular flexibility index (Phi) is 7.24. The standard InChI is InChI=1S/C11H11BrIN3.C8H8BFO2/c1-2-16-11(12)9(6-15-16)5-8-3-4-14-7-10(8)13;1-5-7-4-6(10)2-3-8(7)9(11)12-5/h3-4,6-7H,2,5H2,1H3;2-5,11H,1H3. The van der Waals surface area contributed by atoms with Crippen LogP contribution in [0.4, 0.5) is 4.39 Å². The fraction of sp³-hybridized carbons (Fsp3) is 0.263. The maximum absolute atomic E-state index is 12.7. The van der Waals surface area contributed by atoms with Crippen molar-refractivity contribution in [2.24, 2.45) is 0 Å². The van der Waals surface area contributed by atoms with Crippen LogP contribution >= 0.6 is 38.5 Å². The lowest BCUT2D eigenvalue weighted by Crippen LogP contribution is -2.27. The molecular formula is C19H19BBrFIN3O2. The Labute approximate surface area is 185 Å². The van der Waals surface area contributed by atoms with Crippen LogP contribution in [-0.4, -0.2) is 26.9 Å². The van der Waals surface area contributed by atoms with Gasteiger partial charge in [0.1, 0.15) is 10.4 Å². The van der Waals surface area contributed by atoms with Crippen molar-refractivity contribution in [2.45, 2.75) is 32.9 Å². The van der Waals surface area contributed by atoms with Gasteiger partial charge in [0.2, 0.25) is 0 Å². The first-order chi connectivity index (χ1) is 13.4. The molecule has 0 spiro atoms. The number of rotatable bonds is 3. The molecule has 1 atom stereocenters. The maximum atomic E-state index is 12.7. The van der Waals surface area contributed by atoms with Crippen molar-refractivity contribution in [3.63, 3.8) is 0 Å². The van der Waals surface area contributed by atoms with E-state index in [-0.39, 0.29) is 11.9 Å². The van der Waals surface area contributed by atoms with Gasteiger partial charge in [0.25, 0.3) is 0 Å². The molecule has 3 aromatic rings. The highest BCUT2D eigenvalue weighted by Gasteiger charge is 2.32. The van der Waals surface area contributed by atoms with Crippen molar-refractivity contribution in [3.8, 4) is 0 Å². The minimum absolute atomic E-state index is 0.217. The molecule has 4 rings (SSSR count). The molecule has 3 heterocycles. The smallest absolute Gasteiger partial charge is 0.423 e. The van der Waals surface area contributed by atoms with E-state index in [9.17, 15) is 9.41 Å². The number of aryl methyl sites for hydroxylation is 1. The van der Waals surface area contributed by atoms with Gasteiger partial charge in [-0.05, 0) is 87.2 Å². The quantitative estimate of drug-likeness (QED) is 0.392. The fourth-order valence-electron chi connectivity index (χ4n) is 2.96. The zero-order valence-electron chi connectivity index (χ0n) is 15.4. The third-order valence-corrected chi connectivity index (χ3v) is 6.36. The summed E-state index contributed by atoms with van der Waals surface area (Å²) in [5, 5.41) is 13.6. The van der Waals surface area contributed by atoms with Crippen molar-refractivity contribution in [2.75, 3.05) is 0 Å².